The van der Waals surface area contributed by atoms with Gasteiger partial charge in [0, 0.05) is 26.8 Å². The molecule has 1 N–H and O–H groups in total. The zero-order chi connectivity index (χ0) is 12.0. The van der Waals surface area contributed by atoms with Crippen LogP contribution in [0.5, 0.6) is 0 Å². The van der Waals surface area contributed by atoms with E-state index in [0.717, 1.165) is 18.4 Å². The smallest absolute Gasteiger partial charge is 0.0928 e. The first-order valence-corrected chi connectivity index (χ1v) is 6.42. The van der Waals surface area contributed by atoms with Gasteiger partial charge in [-0.2, -0.15) is 0 Å². The van der Waals surface area contributed by atoms with Crippen molar-refractivity contribution in [2.45, 2.75) is 45.3 Å². The van der Waals surface area contributed by atoms with Gasteiger partial charge in [-0.1, -0.05) is 20.3 Å². The Labute approximate surface area is 99.9 Å². The molecule has 1 fully saturated rings. The Morgan fingerprint density at radius 1 is 1.25 bits per heavy atom. The summed E-state index contributed by atoms with van der Waals surface area (Å²) in [5, 5.41) is 3.63. The second-order valence-corrected chi connectivity index (χ2v) is 5.22. The molecule has 0 aliphatic heterocycles. The minimum atomic E-state index is 0.175. The van der Waals surface area contributed by atoms with Gasteiger partial charge in [0.1, 0.15) is 0 Å². The Kier molecular flexibility index (Phi) is 6.32. The van der Waals surface area contributed by atoms with Crippen molar-refractivity contribution in [3.05, 3.63) is 0 Å². The molecule has 16 heavy (non-hydrogen) atoms. The highest BCUT2D eigenvalue weighted by Crippen LogP contribution is 2.28. The normalized spacial score (nSPS) is 32.6. The van der Waals surface area contributed by atoms with Crippen molar-refractivity contribution in [3.63, 3.8) is 0 Å². The van der Waals surface area contributed by atoms with Gasteiger partial charge in [-0.15, -0.1) is 0 Å². The molecule has 0 saturated heterocycles. The van der Waals surface area contributed by atoms with Gasteiger partial charge < -0.3 is 14.8 Å². The maximum Gasteiger partial charge on any atom is 0.0928 e. The van der Waals surface area contributed by atoms with Crippen LogP contribution in [-0.2, 0) is 9.47 Å². The minimum absolute atomic E-state index is 0.175. The fourth-order valence-corrected chi connectivity index (χ4v) is 2.50. The maximum absolute atomic E-state index is 5.36. The van der Waals surface area contributed by atoms with Gasteiger partial charge >= 0.3 is 0 Å². The van der Waals surface area contributed by atoms with E-state index in [2.05, 4.69) is 19.2 Å². The molecule has 1 aliphatic rings. The maximum atomic E-state index is 5.36. The number of nitrogens with one attached hydrogen (secondary N) is 1. The molecule has 1 saturated carbocycles. The summed E-state index contributed by atoms with van der Waals surface area (Å²) >= 11 is 0. The van der Waals surface area contributed by atoms with Crippen molar-refractivity contribution in [2.75, 3.05) is 27.4 Å². The van der Waals surface area contributed by atoms with Crippen LogP contribution in [0.3, 0.4) is 0 Å². The molecule has 3 nitrogen and oxygen atoms in total. The summed E-state index contributed by atoms with van der Waals surface area (Å²) in [4.78, 5) is 0. The summed E-state index contributed by atoms with van der Waals surface area (Å²) in [6.45, 7) is 6.26. The van der Waals surface area contributed by atoms with Crippen molar-refractivity contribution < 1.29 is 9.47 Å². The summed E-state index contributed by atoms with van der Waals surface area (Å²) < 4.78 is 10.5. The molecular weight excluding hydrogens is 202 g/mol. The fourth-order valence-electron chi connectivity index (χ4n) is 2.50. The highest BCUT2D eigenvalue weighted by Gasteiger charge is 2.25. The summed E-state index contributed by atoms with van der Waals surface area (Å²) in [7, 11) is 3.47. The summed E-state index contributed by atoms with van der Waals surface area (Å²) in [5.41, 5.74) is 0. The van der Waals surface area contributed by atoms with Crippen molar-refractivity contribution in [3.8, 4) is 0 Å². The Morgan fingerprint density at radius 2 is 2.00 bits per heavy atom. The molecule has 0 heterocycles. The SMILES string of the molecule is COCC(CNC1CC(C)CCC1C)OC. The second-order valence-electron chi connectivity index (χ2n) is 5.22. The van der Waals surface area contributed by atoms with E-state index in [1.54, 1.807) is 14.2 Å². The van der Waals surface area contributed by atoms with E-state index in [9.17, 15) is 0 Å². The molecule has 1 aliphatic carbocycles. The summed E-state index contributed by atoms with van der Waals surface area (Å²) in [5.74, 6) is 1.65. The van der Waals surface area contributed by atoms with E-state index in [-0.39, 0.29) is 6.10 Å². The number of methoxy groups -OCH3 is 2. The number of ether oxygens (including phenoxy) is 2. The van der Waals surface area contributed by atoms with Gasteiger partial charge in [-0.05, 0) is 24.7 Å². The predicted octanol–water partition coefficient (Wildman–Crippen LogP) is 2.06. The average Bonchev–Trinajstić information content (AvgIpc) is 2.28. The van der Waals surface area contributed by atoms with Crippen molar-refractivity contribution in [1.29, 1.82) is 0 Å². The van der Waals surface area contributed by atoms with Crippen molar-refractivity contribution in [2.24, 2.45) is 11.8 Å². The quantitative estimate of drug-likeness (QED) is 0.756. The molecule has 0 amide bonds. The van der Waals surface area contributed by atoms with E-state index in [1.807, 2.05) is 0 Å². The van der Waals surface area contributed by atoms with Crippen LogP contribution < -0.4 is 5.32 Å². The van der Waals surface area contributed by atoms with Gasteiger partial charge in [0.15, 0.2) is 0 Å². The zero-order valence-electron chi connectivity index (χ0n) is 11.2. The lowest BCUT2D eigenvalue weighted by molar-refractivity contribution is 0.0246. The zero-order valence-corrected chi connectivity index (χ0v) is 11.2. The Bertz CT molecular complexity index is 187. The molecule has 96 valence electrons. The highest BCUT2D eigenvalue weighted by molar-refractivity contribution is 4.82. The van der Waals surface area contributed by atoms with E-state index in [4.69, 9.17) is 9.47 Å². The van der Waals surface area contributed by atoms with Crippen molar-refractivity contribution >= 4 is 0 Å². The van der Waals surface area contributed by atoms with Crippen LogP contribution in [0.25, 0.3) is 0 Å². The molecule has 0 aromatic rings. The standard InChI is InChI=1S/C13H27NO2/c1-10-5-6-11(2)13(7-10)14-8-12(16-4)9-15-3/h10-14H,5-9H2,1-4H3. The van der Waals surface area contributed by atoms with Gasteiger partial charge in [0.05, 0.1) is 12.7 Å². The Hall–Kier alpha value is -0.120. The van der Waals surface area contributed by atoms with Crippen molar-refractivity contribution in [1.82, 2.24) is 5.32 Å². The van der Waals surface area contributed by atoms with E-state index < -0.39 is 0 Å². The lowest BCUT2D eigenvalue weighted by Crippen LogP contribution is -2.44. The fraction of sp³-hybridized carbons (Fsp3) is 1.00. The van der Waals surface area contributed by atoms with Gasteiger partial charge in [-0.3, -0.25) is 0 Å². The Balaban J connectivity index is 2.28. The highest BCUT2D eigenvalue weighted by atomic mass is 16.5. The van der Waals surface area contributed by atoms with Crippen LogP contribution in [0.2, 0.25) is 0 Å². The molecule has 0 radical (unpaired) electrons. The third-order valence-electron chi connectivity index (χ3n) is 3.75. The molecule has 0 bridgehead atoms. The van der Waals surface area contributed by atoms with Gasteiger partial charge in [-0.25, -0.2) is 0 Å². The van der Waals surface area contributed by atoms with E-state index >= 15 is 0 Å². The molecule has 3 heteroatoms. The van der Waals surface area contributed by atoms with Crippen LogP contribution in [0.15, 0.2) is 0 Å². The van der Waals surface area contributed by atoms with Crippen LogP contribution in [0.4, 0.5) is 0 Å². The predicted molar refractivity (Wildman–Crippen MR) is 66.6 cm³/mol. The van der Waals surface area contributed by atoms with Gasteiger partial charge in [0.25, 0.3) is 0 Å². The molecule has 0 aromatic carbocycles. The largest absolute Gasteiger partial charge is 0.382 e. The van der Waals surface area contributed by atoms with Crippen LogP contribution in [0.1, 0.15) is 33.1 Å². The average molecular weight is 229 g/mol. The molecule has 4 unspecified atom stereocenters. The minimum Gasteiger partial charge on any atom is -0.382 e. The first kappa shape index (κ1) is 13.9. The molecular formula is C13H27NO2. The third kappa shape index (κ3) is 4.40. The van der Waals surface area contributed by atoms with Crippen LogP contribution in [0, 0.1) is 11.8 Å². The first-order valence-electron chi connectivity index (χ1n) is 6.42. The summed E-state index contributed by atoms with van der Waals surface area (Å²) in [6, 6.07) is 0.651. The molecule has 0 spiro atoms. The monoisotopic (exact) mass is 229 g/mol. The molecule has 4 atom stereocenters. The second kappa shape index (κ2) is 7.25. The lowest BCUT2D eigenvalue weighted by Gasteiger charge is -2.34. The summed E-state index contributed by atoms with van der Waals surface area (Å²) in [6.07, 6.45) is 4.20. The number of hydrogen-bond acceptors (Lipinski definition) is 3. The van der Waals surface area contributed by atoms with Crippen LogP contribution in [-0.4, -0.2) is 39.5 Å². The lowest BCUT2D eigenvalue weighted by atomic mass is 9.80. The molecule has 0 aromatic heterocycles. The number of rotatable bonds is 6. The molecule has 1 rings (SSSR count). The Morgan fingerprint density at radius 3 is 2.62 bits per heavy atom. The number of hydrogen-bond donors (Lipinski definition) is 1. The first-order chi connectivity index (χ1) is 7.67. The van der Waals surface area contributed by atoms with E-state index in [1.165, 1.54) is 19.3 Å². The van der Waals surface area contributed by atoms with E-state index in [0.29, 0.717) is 12.6 Å². The van der Waals surface area contributed by atoms with Gasteiger partial charge in [0.2, 0.25) is 0 Å². The third-order valence-corrected chi connectivity index (χ3v) is 3.75. The topological polar surface area (TPSA) is 30.5 Å². The van der Waals surface area contributed by atoms with Crippen LogP contribution >= 0.6 is 0 Å².